The van der Waals surface area contributed by atoms with Gasteiger partial charge in [-0.2, -0.15) is 0 Å². The van der Waals surface area contributed by atoms with Gasteiger partial charge in [0.25, 0.3) is 0 Å². The summed E-state index contributed by atoms with van der Waals surface area (Å²) >= 11 is 0. The highest BCUT2D eigenvalue weighted by Gasteiger charge is 2.15. The summed E-state index contributed by atoms with van der Waals surface area (Å²) in [6.45, 7) is 4.27. The molecule has 0 aromatic heterocycles. The number of rotatable bonds is 4. The van der Waals surface area contributed by atoms with Crippen LogP contribution >= 0.6 is 0 Å². The lowest BCUT2D eigenvalue weighted by Crippen LogP contribution is -2.19. The van der Waals surface area contributed by atoms with E-state index in [1.807, 2.05) is 0 Å². The lowest BCUT2D eigenvalue weighted by molar-refractivity contribution is 0.223. The van der Waals surface area contributed by atoms with Crippen LogP contribution < -0.4 is 10.1 Å². The van der Waals surface area contributed by atoms with E-state index in [-0.39, 0.29) is 0 Å². The molecule has 1 aliphatic rings. The second-order valence-electron chi connectivity index (χ2n) is 4.13. The Morgan fingerprint density at radius 2 is 2.13 bits per heavy atom. The van der Waals surface area contributed by atoms with Crippen LogP contribution in [0.4, 0.5) is 0 Å². The van der Waals surface area contributed by atoms with E-state index in [0.717, 1.165) is 31.7 Å². The summed E-state index contributed by atoms with van der Waals surface area (Å²) in [5.74, 6) is 1.00. The van der Waals surface area contributed by atoms with Crippen LogP contribution in [0.2, 0.25) is 0 Å². The zero-order valence-corrected chi connectivity index (χ0v) is 9.33. The van der Waals surface area contributed by atoms with Crippen LogP contribution in [0.15, 0.2) is 24.3 Å². The van der Waals surface area contributed by atoms with Crippen molar-refractivity contribution in [1.82, 2.24) is 5.32 Å². The monoisotopic (exact) mass is 205 g/mol. The molecule has 15 heavy (non-hydrogen) atoms. The van der Waals surface area contributed by atoms with Crippen molar-refractivity contribution < 1.29 is 4.74 Å². The van der Waals surface area contributed by atoms with Crippen LogP contribution in [-0.2, 0) is 6.42 Å². The Kier molecular flexibility index (Phi) is 3.62. The number of hydrogen-bond donors (Lipinski definition) is 1. The molecule has 1 aliphatic heterocycles. The van der Waals surface area contributed by atoms with Crippen LogP contribution in [0, 0.1) is 0 Å². The van der Waals surface area contributed by atoms with Crippen molar-refractivity contribution >= 4 is 0 Å². The lowest BCUT2D eigenvalue weighted by atomic mass is 10.1. The Labute approximate surface area is 91.6 Å². The van der Waals surface area contributed by atoms with E-state index in [4.69, 9.17) is 4.74 Å². The van der Waals surface area contributed by atoms with Gasteiger partial charge in [-0.25, -0.2) is 0 Å². The van der Waals surface area contributed by atoms with E-state index in [9.17, 15) is 0 Å². The molecular formula is C13H19NO. The molecule has 2 heteroatoms. The van der Waals surface area contributed by atoms with Gasteiger partial charge in [0.2, 0.25) is 0 Å². The Hall–Kier alpha value is -1.02. The van der Waals surface area contributed by atoms with E-state index in [0.29, 0.717) is 6.10 Å². The minimum atomic E-state index is 0.363. The normalized spacial score (nSPS) is 20.5. The van der Waals surface area contributed by atoms with Crippen LogP contribution in [0.5, 0.6) is 5.75 Å². The van der Waals surface area contributed by atoms with Gasteiger partial charge in [-0.3, -0.25) is 0 Å². The summed E-state index contributed by atoms with van der Waals surface area (Å²) < 4.78 is 5.85. The first-order valence-corrected chi connectivity index (χ1v) is 5.85. The number of aryl methyl sites for hydroxylation is 1. The molecule has 0 radical (unpaired) electrons. The number of nitrogens with one attached hydrogen (secondary N) is 1. The first kappa shape index (κ1) is 10.5. The van der Waals surface area contributed by atoms with Gasteiger partial charge in [0.1, 0.15) is 11.9 Å². The van der Waals surface area contributed by atoms with Crippen LogP contribution in [0.25, 0.3) is 0 Å². The molecule has 82 valence electrons. The molecule has 0 amide bonds. The van der Waals surface area contributed by atoms with Gasteiger partial charge in [-0.1, -0.05) is 25.5 Å². The molecular weight excluding hydrogens is 186 g/mol. The second-order valence-corrected chi connectivity index (χ2v) is 4.13. The molecule has 0 aliphatic carbocycles. The van der Waals surface area contributed by atoms with E-state index >= 15 is 0 Å². The van der Waals surface area contributed by atoms with Gasteiger partial charge in [0.05, 0.1) is 0 Å². The highest BCUT2D eigenvalue weighted by Crippen LogP contribution is 2.16. The second kappa shape index (κ2) is 5.17. The average molecular weight is 205 g/mol. The van der Waals surface area contributed by atoms with E-state index in [1.54, 1.807) is 0 Å². The minimum Gasteiger partial charge on any atom is -0.489 e. The van der Waals surface area contributed by atoms with Crippen LogP contribution in [0.1, 0.15) is 25.3 Å². The summed E-state index contributed by atoms with van der Waals surface area (Å²) in [5, 5.41) is 3.30. The molecule has 1 aromatic carbocycles. The molecule has 1 atom stereocenters. The Bertz CT molecular complexity index is 288. The molecule has 0 saturated carbocycles. The summed E-state index contributed by atoms with van der Waals surface area (Å²) in [7, 11) is 0. The quantitative estimate of drug-likeness (QED) is 0.815. The Balaban J connectivity index is 1.91. The van der Waals surface area contributed by atoms with Crippen molar-refractivity contribution in [3.63, 3.8) is 0 Å². The van der Waals surface area contributed by atoms with Crippen LogP contribution in [-0.4, -0.2) is 19.2 Å². The van der Waals surface area contributed by atoms with E-state index in [2.05, 4.69) is 36.5 Å². The molecule has 1 aromatic rings. The molecule has 2 nitrogen and oxygen atoms in total. The molecule has 1 unspecified atom stereocenters. The fraction of sp³-hybridized carbons (Fsp3) is 0.538. The topological polar surface area (TPSA) is 21.3 Å². The summed E-state index contributed by atoms with van der Waals surface area (Å²) in [5.41, 5.74) is 1.40. The third kappa shape index (κ3) is 2.96. The fourth-order valence-electron chi connectivity index (χ4n) is 1.94. The minimum absolute atomic E-state index is 0.363. The number of ether oxygens (including phenoxy) is 1. The largest absolute Gasteiger partial charge is 0.489 e. The molecule has 1 fully saturated rings. The van der Waals surface area contributed by atoms with Gasteiger partial charge < -0.3 is 10.1 Å². The first-order chi connectivity index (χ1) is 7.38. The van der Waals surface area contributed by atoms with Crippen molar-refractivity contribution in [3.05, 3.63) is 29.8 Å². The zero-order chi connectivity index (χ0) is 10.5. The third-order valence-corrected chi connectivity index (χ3v) is 2.78. The van der Waals surface area contributed by atoms with Crippen molar-refractivity contribution in [2.75, 3.05) is 13.1 Å². The smallest absolute Gasteiger partial charge is 0.119 e. The maximum Gasteiger partial charge on any atom is 0.119 e. The molecule has 2 rings (SSSR count). The predicted octanol–water partition coefficient (Wildman–Crippen LogP) is 2.38. The Morgan fingerprint density at radius 1 is 1.33 bits per heavy atom. The van der Waals surface area contributed by atoms with Crippen LogP contribution in [0.3, 0.4) is 0 Å². The van der Waals surface area contributed by atoms with Gasteiger partial charge in [0.15, 0.2) is 0 Å². The average Bonchev–Trinajstić information content (AvgIpc) is 2.74. The van der Waals surface area contributed by atoms with Gasteiger partial charge in [-0.05, 0) is 37.1 Å². The van der Waals surface area contributed by atoms with Crippen molar-refractivity contribution in [1.29, 1.82) is 0 Å². The SMILES string of the molecule is CCCc1ccc(OC2CCNC2)cc1. The van der Waals surface area contributed by atoms with E-state index in [1.165, 1.54) is 12.0 Å². The first-order valence-electron chi connectivity index (χ1n) is 5.85. The Morgan fingerprint density at radius 3 is 2.73 bits per heavy atom. The highest BCUT2D eigenvalue weighted by molar-refractivity contribution is 5.27. The number of benzene rings is 1. The third-order valence-electron chi connectivity index (χ3n) is 2.78. The van der Waals surface area contributed by atoms with Crippen molar-refractivity contribution in [2.24, 2.45) is 0 Å². The molecule has 1 saturated heterocycles. The van der Waals surface area contributed by atoms with Crippen molar-refractivity contribution in [2.45, 2.75) is 32.3 Å². The standard InChI is InChI=1S/C13H19NO/c1-2-3-11-4-6-12(7-5-11)15-13-8-9-14-10-13/h4-7,13-14H,2-3,8-10H2,1H3. The fourth-order valence-corrected chi connectivity index (χ4v) is 1.94. The summed E-state index contributed by atoms with van der Waals surface area (Å²) in [6.07, 6.45) is 3.84. The van der Waals surface area contributed by atoms with Gasteiger partial charge in [0, 0.05) is 6.54 Å². The molecule has 1 N–H and O–H groups in total. The summed E-state index contributed by atoms with van der Waals surface area (Å²) in [4.78, 5) is 0. The highest BCUT2D eigenvalue weighted by atomic mass is 16.5. The predicted molar refractivity (Wildman–Crippen MR) is 62.3 cm³/mol. The lowest BCUT2D eigenvalue weighted by Gasteiger charge is -2.12. The van der Waals surface area contributed by atoms with Gasteiger partial charge >= 0.3 is 0 Å². The van der Waals surface area contributed by atoms with Crippen molar-refractivity contribution in [3.8, 4) is 5.75 Å². The number of hydrogen-bond acceptors (Lipinski definition) is 2. The molecule has 0 bridgehead atoms. The van der Waals surface area contributed by atoms with E-state index < -0.39 is 0 Å². The summed E-state index contributed by atoms with van der Waals surface area (Å²) in [6, 6.07) is 8.51. The van der Waals surface area contributed by atoms with Gasteiger partial charge in [-0.15, -0.1) is 0 Å². The maximum atomic E-state index is 5.85. The maximum absolute atomic E-state index is 5.85. The molecule has 0 spiro atoms. The zero-order valence-electron chi connectivity index (χ0n) is 9.33. The molecule has 1 heterocycles.